The zero-order chi connectivity index (χ0) is 14.4. The molecule has 20 heavy (non-hydrogen) atoms. The lowest BCUT2D eigenvalue weighted by atomic mass is 10.1. The van der Waals surface area contributed by atoms with Gasteiger partial charge in [-0.2, -0.15) is 0 Å². The van der Waals surface area contributed by atoms with E-state index in [1.165, 1.54) is 5.56 Å². The highest BCUT2D eigenvalue weighted by Crippen LogP contribution is 2.26. The van der Waals surface area contributed by atoms with E-state index in [0.29, 0.717) is 0 Å². The monoisotopic (exact) mass is 269 g/mol. The first kappa shape index (κ1) is 14.4. The quantitative estimate of drug-likeness (QED) is 0.627. The molecule has 2 aromatic rings. The van der Waals surface area contributed by atoms with Crippen molar-refractivity contribution in [2.45, 2.75) is 33.1 Å². The van der Waals surface area contributed by atoms with Crippen molar-refractivity contribution in [1.82, 2.24) is 0 Å². The number of anilines is 1. The molecule has 0 aliphatic rings. The zero-order valence-electron chi connectivity index (χ0n) is 12.4. The van der Waals surface area contributed by atoms with Gasteiger partial charge in [-0.3, -0.25) is 0 Å². The van der Waals surface area contributed by atoms with Gasteiger partial charge in [0.1, 0.15) is 5.75 Å². The van der Waals surface area contributed by atoms with E-state index in [2.05, 4.69) is 30.3 Å². The molecule has 2 N–H and O–H groups in total. The van der Waals surface area contributed by atoms with Crippen LogP contribution in [0.5, 0.6) is 5.75 Å². The van der Waals surface area contributed by atoms with E-state index in [9.17, 15) is 0 Å². The van der Waals surface area contributed by atoms with Crippen LogP contribution in [0, 0.1) is 13.8 Å². The number of unbranched alkanes of at least 4 members (excludes halogenated alkanes) is 1. The third-order valence-corrected chi connectivity index (χ3v) is 3.43. The van der Waals surface area contributed by atoms with Crippen molar-refractivity contribution in [1.29, 1.82) is 0 Å². The molecule has 0 bridgehead atoms. The molecule has 2 heteroatoms. The molecule has 0 aliphatic carbocycles. The molecule has 0 fully saturated rings. The average Bonchev–Trinajstić information content (AvgIpc) is 2.42. The number of hydrogen-bond acceptors (Lipinski definition) is 2. The molecule has 0 aromatic heterocycles. The summed E-state index contributed by atoms with van der Waals surface area (Å²) in [6.07, 6.45) is 3.33. The number of nitrogens with two attached hydrogens (primary N) is 1. The van der Waals surface area contributed by atoms with Crippen molar-refractivity contribution >= 4 is 5.69 Å². The molecule has 0 aliphatic heterocycles. The highest BCUT2D eigenvalue weighted by Gasteiger charge is 2.05. The maximum atomic E-state index is 5.90. The summed E-state index contributed by atoms with van der Waals surface area (Å²) in [7, 11) is 0. The number of nitrogen functional groups attached to an aromatic ring is 1. The molecule has 0 radical (unpaired) electrons. The summed E-state index contributed by atoms with van der Waals surface area (Å²) in [4.78, 5) is 0. The molecule has 0 unspecified atom stereocenters. The fourth-order valence-corrected chi connectivity index (χ4v) is 2.46. The summed E-state index contributed by atoms with van der Waals surface area (Å²) in [6.45, 7) is 4.85. The normalized spacial score (nSPS) is 10.5. The molecule has 0 saturated heterocycles. The predicted molar refractivity (Wildman–Crippen MR) is 85.2 cm³/mol. The number of hydrogen-bond donors (Lipinski definition) is 1. The highest BCUT2D eigenvalue weighted by atomic mass is 16.5. The van der Waals surface area contributed by atoms with Crippen molar-refractivity contribution in [2.75, 3.05) is 12.3 Å². The standard InChI is InChI=1S/C18H23NO/c1-14-12-17(19)13-15(2)18(14)20-11-7-6-10-16-8-4-3-5-9-16/h3-5,8-9,12-13H,6-7,10-11,19H2,1-2H3. The molecular formula is C18H23NO. The van der Waals surface area contributed by atoms with Gasteiger partial charge in [0.15, 0.2) is 0 Å². The third-order valence-electron chi connectivity index (χ3n) is 3.43. The van der Waals surface area contributed by atoms with Crippen molar-refractivity contribution in [3.8, 4) is 5.75 Å². The predicted octanol–water partition coefficient (Wildman–Crippen LogP) is 4.29. The molecular weight excluding hydrogens is 246 g/mol. The topological polar surface area (TPSA) is 35.2 Å². The number of aryl methyl sites for hydroxylation is 3. The van der Waals surface area contributed by atoms with Crippen LogP contribution in [0.2, 0.25) is 0 Å². The van der Waals surface area contributed by atoms with Crippen LogP contribution in [0.25, 0.3) is 0 Å². The van der Waals surface area contributed by atoms with Crippen LogP contribution in [0.15, 0.2) is 42.5 Å². The molecule has 2 rings (SSSR count). The molecule has 0 saturated carbocycles. The van der Waals surface area contributed by atoms with E-state index in [-0.39, 0.29) is 0 Å². The SMILES string of the molecule is Cc1cc(N)cc(C)c1OCCCCc1ccccc1. The van der Waals surface area contributed by atoms with Gasteiger partial charge in [-0.1, -0.05) is 30.3 Å². The second-order valence-electron chi connectivity index (χ2n) is 5.27. The number of rotatable bonds is 6. The summed E-state index contributed by atoms with van der Waals surface area (Å²) >= 11 is 0. The summed E-state index contributed by atoms with van der Waals surface area (Å²) in [6, 6.07) is 14.5. The van der Waals surface area contributed by atoms with Crippen LogP contribution < -0.4 is 10.5 Å². The second kappa shape index (κ2) is 6.99. The van der Waals surface area contributed by atoms with E-state index in [0.717, 1.165) is 48.4 Å². The molecule has 0 atom stereocenters. The lowest BCUT2D eigenvalue weighted by Crippen LogP contribution is -2.02. The van der Waals surface area contributed by atoms with Gasteiger partial charge in [0.05, 0.1) is 6.61 Å². The summed E-state index contributed by atoms with van der Waals surface area (Å²) in [5.74, 6) is 0.985. The van der Waals surface area contributed by atoms with Crippen LogP contribution >= 0.6 is 0 Å². The van der Waals surface area contributed by atoms with E-state index in [4.69, 9.17) is 10.5 Å². The minimum absolute atomic E-state index is 0.762. The molecule has 0 spiro atoms. The fourth-order valence-electron chi connectivity index (χ4n) is 2.46. The Labute approximate surface area is 121 Å². The molecule has 2 nitrogen and oxygen atoms in total. The Hall–Kier alpha value is -1.96. The van der Waals surface area contributed by atoms with Gasteiger partial charge in [0, 0.05) is 5.69 Å². The molecule has 0 heterocycles. The van der Waals surface area contributed by atoms with E-state index in [1.54, 1.807) is 0 Å². The van der Waals surface area contributed by atoms with Crippen molar-refractivity contribution < 1.29 is 4.74 Å². The maximum absolute atomic E-state index is 5.90. The number of ether oxygens (including phenoxy) is 1. The lowest BCUT2D eigenvalue weighted by Gasteiger charge is -2.13. The first-order chi connectivity index (χ1) is 9.66. The summed E-state index contributed by atoms with van der Waals surface area (Å²) < 4.78 is 5.90. The van der Waals surface area contributed by atoms with Gasteiger partial charge in [0.25, 0.3) is 0 Å². The van der Waals surface area contributed by atoms with Crippen LogP contribution in [0.4, 0.5) is 5.69 Å². The first-order valence-electron chi connectivity index (χ1n) is 7.20. The Morgan fingerprint density at radius 3 is 2.25 bits per heavy atom. The first-order valence-corrected chi connectivity index (χ1v) is 7.20. The minimum atomic E-state index is 0.762. The van der Waals surface area contributed by atoms with Crippen molar-refractivity contribution in [3.05, 3.63) is 59.2 Å². The van der Waals surface area contributed by atoms with E-state index >= 15 is 0 Å². The van der Waals surface area contributed by atoms with Gasteiger partial charge in [-0.25, -0.2) is 0 Å². The lowest BCUT2D eigenvalue weighted by molar-refractivity contribution is 0.303. The second-order valence-corrected chi connectivity index (χ2v) is 5.27. The smallest absolute Gasteiger partial charge is 0.125 e. The Balaban J connectivity index is 1.76. The van der Waals surface area contributed by atoms with Gasteiger partial charge >= 0.3 is 0 Å². The minimum Gasteiger partial charge on any atom is -0.493 e. The third kappa shape index (κ3) is 4.02. The van der Waals surface area contributed by atoms with Gasteiger partial charge in [0.2, 0.25) is 0 Å². The Morgan fingerprint density at radius 1 is 0.950 bits per heavy atom. The fraction of sp³-hybridized carbons (Fsp3) is 0.333. The maximum Gasteiger partial charge on any atom is 0.125 e. The van der Waals surface area contributed by atoms with Crippen molar-refractivity contribution in [3.63, 3.8) is 0 Å². The Morgan fingerprint density at radius 2 is 1.60 bits per heavy atom. The average molecular weight is 269 g/mol. The van der Waals surface area contributed by atoms with Crippen LogP contribution in [-0.2, 0) is 6.42 Å². The van der Waals surface area contributed by atoms with E-state index in [1.807, 2.05) is 26.0 Å². The van der Waals surface area contributed by atoms with Gasteiger partial charge < -0.3 is 10.5 Å². The molecule has 106 valence electrons. The Bertz CT molecular complexity index is 526. The Kier molecular flexibility index (Phi) is 5.05. The highest BCUT2D eigenvalue weighted by molar-refractivity contribution is 5.52. The summed E-state index contributed by atoms with van der Waals surface area (Å²) in [5.41, 5.74) is 10.2. The van der Waals surface area contributed by atoms with Crippen LogP contribution in [0.1, 0.15) is 29.5 Å². The van der Waals surface area contributed by atoms with Gasteiger partial charge in [-0.05, 0) is 61.9 Å². The molecule has 2 aromatic carbocycles. The van der Waals surface area contributed by atoms with Crippen LogP contribution in [0.3, 0.4) is 0 Å². The van der Waals surface area contributed by atoms with E-state index < -0.39 is 0 Å². The summed E-state index contributed by atoms with van der Waals surface area (Å²) in [5, 5.41) is 0. The van der Waals surface area contributed by atoms with Crippen molar-refractivity contribution in [2.24, 2.45) is 0 Å². The van der Waals surface area contributed by atoms with Crippen LogP contribution in [-0.4, -0.2) is 6.61 Å². The van der Waals surface area contributed by atoms with Gasteiger partial charge in [-0.15, -0.1) is 0 Å². The zero-order valence-corrected chi connectivity index (χ0v) is 12.4. The molecule has 0 amide bonds. The largest absolute Gasteiger partial charge is 0.493 e. The number of benzene rings is 2.